The Kier molecular flexibility index (Phi) is 6.50. The van der Waals surface area contributed by atoms with Crippen LogP contribution in [0.5, 0.6) is 11.5 Å². The van der Waals surface area contributed by atoms with Crippen molar-refractivity contribution in [3.05, 3.63) is 48.0 Å². The fraction of sp³-hybridized carbons (Fsp3) is 0.316. The van der Waals surface area contributed by atoms with Crippen molar-refractivity contribution in [1.82, 2.24) is 25.8 Å². The average molecular weight is 384 g/mol. The van der Waals surface area contributed by atoms with Gasteiger partial charge in [-0.15, -0.1) is 5.10 Å². The van der Waals surface area contributed by atoms with Crippen LogP contribution in [0.4, 0.5) is 0 Å². The van der Waals surface area contributed by atoms with Gasteiger partial charge < -0.3 is 24.5 Å². The molecule has 0 fully saturated rings. The molecular formula is C19H24N6O3. The number of nitrogens with one attached hydrogen (secondary N) is 3. The minimum absolute atomic E-state index is 0.450. The van der Waals surface area contributed by atoms with Gasteiger partial charge in [0.2, 0.25) is 5.82 Å². The number of guanidine groups is 1. The smallest absolute Gasteiger partial charge is 0.216 e. The molecule has 0 aliphatic rings. The highest BCUT2D eigenvalue weighted by molar-refractivity contribution is 5.79. The zero-order valence-electron chi connectivity index (χ0n) is 16.2. The van der Waals surface area contributed by atoms with Crippen LogP contribution in [0.25, 0.3) is 11.6 Å². The third-order valence-corrected chi connectivity index (χ3v) is 3.91. The van der Waals surface area contributed by atoms with Crippen molar-refractivity contribution in [3.63, 3.8) is 0 Å². The molecule has 1 aromatic carbocycles. The molecule has 0 saturated carbocycles. The number of ether oxygens (including phenoxy) is 2. The van der Waals surface area contributed by atoms with Gasteiger partial charge in [0.25, 0.3) is 0 Å². The van der Waals surface area contributed by atoms with E-state index in [4.69, 9.17) is 13.9 Å². The molecule has 28 heavy (non-hydrogen) atoms. The minimum Gasteiger partial charge on any atom is -0.493 e. The summed E-state index contributed by atoms with van der Waals surface area (Å²) in [5, 5.41) is 13.5. The van der Waals surface area contributed by atoms with Crippen molar-refractivity contribution in [3.8, 4) is 23.1 Å². The first-order valence-electron chi connectivity index (χ1n) is 8.91. The second kappa shape index (κ2) is 9.45. The first-order valence-corrected chi connectivity index (χ1v) is 8.91. The second-order valence-corrected chi connectivity index (χ2v) is 5.82. The Morgan fingerprint density at radius 2 is 2.04 bits per heavy atom. The van der Waals surface area contributed by atoms with E-state index in [1.54, 1.807) is 26.5 Å². The van der Waals surface area contributed by atoms with Gasteiger partial charge in [-0.1, -0.05) is 6.07 Å². The maximum Gasteiger partial charge on any atom is 0.216 e. The lowest BCUT2D eigenvalue weighted by Crippen LogP contribution is -2.37. The van der Waals surface area contributed by atoms with Crippen molar-refractivity contribution >= 4 is 5.96 Å². The van der Waals surface area contributed by atoms with E-state index in [1.165, 1.54) is 0 Å². The number of hydrogen-bond acceptors (Lipinski definition) is 6. The molecular weight excluding hydrogens is 360 g/mol. The molecule has 0 unspecified atom stereocenters. The number of hydrogen-bond donors (Lipinski definition) is 3. The van der Waals surface area contributed by atoms with Crippen LogP contribution in [0, 0.1) is 0 Å². The summed E-state index contributed by atoms with van der Waals surface area (Å²) in [4.78, 5) is 9.01. The number of rotatable bonds is 8. The number of methoxy groups -OCH3 is 2. The molecule has 0 radical (unpaired) electrons. The number of aromatic nitrogens is 3. The van der Waals surface area contributed by atoms with Crippen LogP contribution in [0.15, 0.2) is 46.0 Å². The van der Waals surface area contributed by atoms with Crippen molar-refractivity contribution in [1.29, 1.82) is 0 Å². The Morgan fingerprint density at radius 3 is 2.75 bits per heavy atom. The predicted molar refractivity (Wildman–Crippen MR) is 105 cm³/mol. The van der Waals surface area contributed by atoms with E-state index in [1.807, 2.05) is 31.2 Å². The normalized spacial score (nSPS) is 11.3. The van der Waals surface area contributed by atoms with Gasteiger partial charge in [0.05, 0.1) is 33.6 Å². The molecule has 9 heteroatoms. The summed E-state index contributed by atoms with van der Waals surface area (Å²) in [6.07, 6.45) is 1.59. The number of aromatic amines is 1. The van der Waals surface area contributed by atoms with Crippen LogP contribution < -0.4 is 20.1 Å². The van der Waals surface area contributed by atoms with Gasteiger partial charge in [0, 0.05) is 6.54 Å². The largest absolute Gasteiger partial charge is 0.493 e. The van der Waals surface area contributed by atoms with E-state index >= 15 is 0 Å². The number of benzene rings is 1. The highest BCUT2D eigenvalue weighted by Gasteiger charge is 2.09. The molecule has 3 aromatic rings. The summed E-state index contributed by atoms with van der Waals surface area (Å²) >= 11 is 0. The summed E-state index contributed by atoms with van der Waals surface area (Å²) in [7, 11) is 3.23. The maximum absolute atomic E-state index is 5.34. The molecule has 0 aliphatic heterocycles. The zero-order chi connectivity index (χ0) is 19.8. The molecule has 2 heterocycles. The van der Waals surface area contributed by atoms with E-state index < -0.39 is 0 Å². The van der Waals surface area contributed by atoms with Gasteiger partial charge in [-0.05, 0) is 36.8 Å². The molecule has 9 nitrogen and oxygen atoms in total. The number of nitrogens with zero attached hydrogens (tertiary/aromatic N) is 3. The lowest BCUT2D eigenvalue weighted by Gasteiger charge is -2.11. The third-order valence-electron chi connectivity index (χ3n) is 3.91. The number of furan rings is 1. The molecule has 0 aliphatic carbocycles. The van der Waals surface area contributed by atoms with Crippen LogP contribution in [0.1, 0.15) is 18.3 Å². The van der Waals surface area contributed by atoms with E-state index in [0.717, 1.165) is 12.1 Å². The van der Waals surface area contributed by atoms with Gasteiger partial charge in [-0.2, -0.15) is 0 Å². The third kappa shape index (κ3) is 4.81. The number of H-pyrrole nitrogens is 1. The van der Waals surface area contributed by atoms with Gasteiger partial charge in [0.15, 0.2) is 23.2 Å². The van der Waals surface area contributed by atoms with Crippen LogP contribution in [-0.2, 0) is 13.1 Å². The highest BCUT2D eigenvalue weighted by atomic mass is 16.5. The average Bonchev–Trinajstić information content (AvgIpc) is 3.41. The van der Waals surface area contributed by atoms with Gasteiger partial charge in [-0.25, -0.2) is 9.98 Å². The molecule has 0 atom stereocenters. The summed E-state index contributed by atoms with van der Waals surface area (Å²) in [5.41, 5.74) is 1.01. The molecule has 148 valence electrons. The molecule has 0 spiro atoms. The Hall–Kier alpha value is -3.49. The Morgan fingerprint density at radius 1 is 1.18 bits per heavy atom. The first kappa shape index (κ1) is 19.3. The molecule has 3 N–H and O–H groups in total. The van der Waals surface area contributed by atoms with Crippen LogP contribution >= 0.6 is 0 Å². The van der Waals surface area contributed by atoms with Gasteiger partial charge in [-0.3, -0.25) is 5.10 Å². The Labute approximate surface area is 163 Å². The molecule has 2 aromatic heterocycles. The topological polar surface area (TPSA) is 110 Å². The zero-order valence-corrected chi connectivity index (χ0v) is 16.2. The van der Waals surface area contributed by atoms with Crippen molar-refractivity contribution in [2.45, 2.75) is 20.0 Å². The summed E-state index contributed by atoms with van der Waals surface area (Å²) in [6, 6.07) is 9.36. The molecule has 3 rings (SSSR count). The standard InChI is InChI=1S/C19H24N6O3/c1-4-20-19(21-11-13-7-8-14(26-2)16(10-13)27-3)22-12-17-23-18(25-24-17)15-6-5-9-28-15/h5-10H,4,11-12H2,1-3H3,(H2,20,21,22)(H,23,24,25). The predicted octanol–water partition coefficient (Wildman–Crippen LogP) is 2.34. The Balaban J connectivity index is 1.63. The van der Waals surface area contributed by atoms with E-state index in [-0.39, 0.29) is 0 Å². The molecule has 0 bridgehead atoms. The maximum atomic E-state index is 5.34. The summed E-state index contributed by atoms with van der Waals surface area (Å²) in [5.74, 6) is 3.88. The second-order valence-electron chi connectivity index (χ2n) is 5.82. The van der Waals surface area contributed by atoms with Crippen LogP contribution in [0.3, 0.4) is 0 Å². The lowest BCUT2D eigenvalue weighted by molar-refractivity contribution is 0.354. The quantitative estimate of drug-likeness (QED) is 0.404. The molecule has 0 saturated heterocycles. The lowest BCUT2D eigenvalue weighted by atomic mass is 10.2. The van der Waals surface area contributed by atoms with Crippen molar-refractivity contribution in [2.24, 2.45) is 4.99 Å². The first-order chi connectivity index (χ1) is 13.7. The van der Waals surface area contributed by atoms with E-state index in [9.17, 15) is 0 Å². The fourth-order valence-corrected chi connectivity index (χ4v) is 2.55. The van der Waals surface area contributed by atoms with Crippen molar-refractivity contribution < 1.29 is 13.9 Å². The van der Waals surface area contributed by atoms with Crippen molar-refractivity contribution in [2.75, 3.05) is 20.8 Å². The Bertz CT molecular complexity index is 904. The number of aliphatic imine (C=N–C) groups is 1. The van der Waals surface area contributed by atoms with Crippen LogP contribution in [-0.4, -0.2) is 41.9 Å². The van der Waals surface area contributed by atoms with E-state index in [0.29, 0.717) is 48.0 Å². The van der Waals surface area contributed by atoms with Gasteiger partial charge in [0.1, 0.15) is 5.82 Å². The van der Waals surface area contributed by atoms with Gasteiger partial charge >= 0.3 is 0 Å². The minimum atomic E-state index is 0.450. The monoisotopic (exact) mass is 384 g/mol. The van der Waals surface area contributed by atoms with Crippen LogP contribution in [0.2, 0.25) is 0 Å². The highest BCUT2D eigenvalue weighted by Crippen LogP contribution is 2.27. The molecule has 0 amide bonds. The summed E-state index contributed by atoms with van der Waals surface area (Å²) in [6.45, 7) is 3.69. The summed E-state index contributed by atoms with van der Waals surface area (Å²) < 4.78 is 15.9. The van der Waals surface area contributed by atoms with E-state index in [2.05, 4.69) is 30.8 Å². The SMILES string of the molecule is CCNC(=NCc1ccc(OC)c(OC)c1)NCc1nc(-c2ccco2)n[nH]1. The fourth-order valence-electron chi connectivity index (χ4n) is 2.55.